The highest BCUT2D eigenvalue weighted by atomic mass is 16.5. The Bertz CT molecular complexity index is 835. The molecule has 3 rings (SSSR count). The second kappa shape index (κ2) is 13.2. The Morgan fingerprint density at radius 2 is 2.03 bits per heavy atom. The number of hydrogen-bond acceptors (Lipinski definition) is 6. The number of carbonyl (C=O) groups is 2. The molecule has 1 aromatic rings. The van der Waals surface area contributed by atoms with Crippen molar-refractivity contribution in [1.29, 1.82) is 0 Å². The van der Waals surface area contributed by atoms with Crippen LogP contribution in [0, 0.1) is 5.41 Å². The van der Waals surface area contributed by atoms with E-state index in [1.807, 2.05) is 20.8 Å². The van der Waals surface area contributed by atoms with E-state index in [-0.39, 0.29) is 11.3 Å². The summed E-state index contributed by atoms with van der Waals surface area (Å²) in [6.45, 7) is 9.84. The zero-order valence-corrected chi connectivity index (χ0v) is 21.8. The van der Waals surface area contributed by atoms with Crippen molar-refractivity contribution < 1.29 is 19.4 Å². The van der Waals surface area contributed by atoms with Crippen LogP contribution in [0.25, 0.3) is 0 Å². The van der Waals surface area contributed by atoms with Crippen LogP contribution in [-0.4, -0.2) is 71.8 Å². The van der Waals surface area contributed by atoms with Gasteiger partial charge in [0, 0.05) is 31.7 Å². The maximum absolute atomic E-state index is 12.3. The maximum atomic E-state index is 12.3. The molecule has 1 aliphatic heterocycles. The number of unbranched alkanes of at least 4 members (excludes halogenated alkanes) is 1. The molecule has 3 N–H and O–H groups in total. The number of amides is 1. The molecule has 0 radical (unpaired) electrons. The second-order valence-electron chi connectivity index (χ2n) is 11.2. The van der Waals surface area contributed by atoms with E-state index in [0.717, 1.165) is 76.1 Å². The predicted molar refractivity (Wildman–Crippen MR) is 138 cm³/mol. The molecule has 1 aliphatic carbocycles. The zero-order valence-electron chi connectivity index (χ0n) is 21.8. The molecule has 0 bridgehead atoms. The predicted octanol–water partition coefficient (Wildman–Crippen LogP) is 3.64. The van der Waals surface area contributed by atoms with Gasteiger partial charge in [-0.1, -0.05) is 26.8 Å². The molecule has 0 spiro atoms. The van der Waals surface area contributed by atoms with Crippen molar-refractivity contribution >= 4 is 17.7 Å². The largest absolute Gasteiger partial charge is 0.480 e. The lowest BCUT2D eigenvalue weighted by Crippen LogP contribution is -2.44. The molecule has 1 aromatic heterocycles. The summed E-state index contributed by atoms with van der Waals surface area (Å²) < 4.78 is 5.84. The summed E-state index contributed by atoms with van der Waals surface area (Å²) in [5.41, 5.74) is 2.25. The number of rotatable bonds is 15. The number of aromatic nitrogens is 1. The van der Waals surface area contributed by atoms with Crippen LogP contribution in [0.2, 0.25) is 0 Å². The quantitative estimate of drug-likeness (QED) is 0.324. The molecule has 1 amide bonds. The molecule has 0 aromatic carbocycles. The van der Waals surface area contributed by atoms with Gasteiger partial charge in [-0.15, -0.1) is 0 Å². The highest BCUT2D eigenvalue weighted by Gasteiger charge is 2.25. The standard InChI is InChI=1S/C27H44N4O4/c1-27(2,3)19-24(32)30-23(26(33)34)13-16-31(17-18-35-22-11-12-22)15-5-4-8-21-10-9-20-7-6-14-28-25(20)29-21/h9-10,22-23H,4-8,11-19H2,1-3H3,(H,28,29)(H,30,32)(H,33,34). The highest BCUT2D eigenvalue weighted by Crippen LogP contribution is 2.23. The van der Waals surface area contributed by atoms with Crippen molar-refractivity contribution in [2.75, 3.05) is 38.1 Å². The summed E-state index contributed by atoms with van der Waals surface area (Å²) in [5.74, 6) is -0.144. The number of aryl methyl sites for hydroxylation is 2. The number of carboxylic acid groups (broad SMARTS) is 1. The van der Waals surface area contributed by atoms with Crippen molar-refractivity contribution in [2.24, 2.45) is 5.41 Å². The topological polar surface area (TPSA) is 104 Å². The van der Waals surface area contributed by atoms with Crippen molar-refractivity contribution in [1.82, 2.24) is 15.2 Å². The van der Waals surface area contributed by atoms with Crippen LogP contribution in [0.15, 0.2) is 12.1 Å². The monoisotopic (exact) mass is 488 g/mol. The maximum Gasteiger partial charge on any atom is 0.326 e. The molecule has 0 saturated heterocycles. The third-order valence-corrected chi connectivity index (χ3v) is 6.45. The Kier molecular flexibility index (Phi) is 10.3. The summed E-state index contributed by atoms with van der Waals surface area (Å²) in [7, 11) is 0. The molecule has 8 heteroatoms. The van der Waals surface area contributed by atoms with Gasteiger partial charge in [-0.05, 0) is 75.0 Å². The first-order valence-electron chi connectivity index (χ1n) is 13.3. The summed E-state index contributed by atoms with van der Waals surface area (Å²) >= 11 is 0. The van der Waals surface area contributed by atoms with Gasteiger partial charge in [0.15, 0.2) is 0 Å². The summed E-state index contributed by atoms with van der Waals surface area (Å²) in [4.78, 5) is 31.1. The molecule has 35 heavy (non-hydrogen) atoms. The summed E-state index contributed by atoms with van der Waals surface area (Å²) in [6, 6.07) is 3.47. The van der Waals surface area contributed by atoms with E-state index in [0.29, 0.717) is 32.1 Å². The minimum absolute atomic E-state index is 0.178. The number of fused-ring (bicyclic) bond motifs is 1. The van der Waals surface area contributed by atoms with Gasteiger partial charge in [-0.25, -0.2) is 9.78 Å². The number of anilines is 1. The minimum Gasteiger partial charge on any atom is -0.480 e. The SMILES string of the molecule is CC(C)(C)CC(=O)NC(CCN(CCCCc1ccc2c(n1)NCCC2)CCOC1CC1)C(=O)O. The van der Waals surface area contributed by atoms with Gasteiger partial charge in [-0.3, -0.25) is 4.79 Å². The fourth-order valence-corrected chi connectivity index (χ4v) is 4.36. The van der Waals surface area contributed by atoms with E-state index >= 15 is 0 Å². The fourth-order valence-electron chi connectivity index (χ4n) is 4.36. The zero-order chi connectivity index (χ0) is 25.3. The van der Waals surface area contributed by atoms with Gasteiger partial charge in [0.05, 0.1) is 12.7 Å². The molecular formula is C27H44N4O4. The molecule has 2 heterocycles. The van der Waals surface area contributed by atoms with Crippen molar-refractivity contribution in [3.63, 3.8) is 0 Å². The Morgan fingerprint density at radius 3 is 2.74 bits per heavy atom. The van der Waals surface area contributed by atoms with E-state index in [1.54, 1.807) is 0 Å². The van der Waals surface area contributed by atoms with Gasteiger partial charge in [0.2, 0.25) is 5.91 Å². The van der Waals surface area contributed by atoms with Crippen molar-refractivity contribution in [2.45, 2.75) is 90.7 Å². The molecule has 1 atom stereocenters. The van der Waals surface area contributed by atoms with Crippen LogP contribution < -0.4 is 10.6 Å². The number of ether oxygens (including phenoxy) is 1. The number of carbonyl (C=O) groups excluding carboxylic acids is 1. The lowest BCUT2D eigenvalue weighted by Gasteiger charge is -2.25. The number of nitrogens with zero attached hydrogens (tertiary/aromatic N) is 2. The molecule has 196 valence electrons. The van der Waals surface area contributed by atoms with Gasteiger partial charge in [-0.2, -0.15) is 0 Å². The van der Waals surface area contributed by atoms with E-state index in [2.05, 4.69) is 27.7 Å². The second-order valence-corrected chi connectivity index (χ2v) is 11.2. The molecule has 1 fully saturated rings. The Labute approximate surface area is 210 Å². The first kappa shape index (κ1) is 27.4. The Hall–Kier alpha value is -2.19. The third kappa shape index (κ3) is 10.5. The highest BCUT2D eigenvalue weighted by molar-refractivity contribution is 5.83. The van der Waals surface area contributed by atoms with E-state index in [4.69, 9.17) is 9.72 Å². The van der Waals surface area contributed by atoms with Crippen LogP contribution in [0.5, 0.6) is 0 Å². The molecule has 2 aliphatic rings. The fraction of sp³-hybridized carbons (Fsp3) is 0.741. The summed E-state index contributed by atoms with van der Waals surface area (Å²) in [5, 5.41) is 15.8. The van der Waals surface area contributed by atoms with Gasteiger partial charge in [0.25, 0.3) is 0 Å². The number of hydrogen-bond donors (Lipinski definition) is 3. The lowest BCUT2D eigenvalue weighted by atomic mass is 9.92. The number of pyridine rings is 1. The smallest absolute Gasteiger partial charge is 0.326 e. The average Bonchev–Trinajstić information content (AvgIpc) is 3.61. The van der Waals surface area contributed by atoms with E-state index in [9.17, 15) is 14.7 Å². The van der Waals surface area contributed by atoms with Crippen LogP contribution >= 0.6 is 0 Å². The van der Waals surface area contributed by atoms with Crippen LogP contribution in [0.1, 0.15) is 77.0 Å². The number of carboxylic acids is 1. The summed E-state index contributed by atoms with van der Waals surface area (Å²) in [6.07, 6.45) is 8.60. The Balaban J connectivity index is 1.45. The van der Waals surface area contributed by atoms with Gasteiger partial charge >= 0.3 is 5.97 Å². The molecule has 1 saturated carbocycles. The van der Waals surface area contributed by atoms with Gasteiger partial charge in [0.1, 0.15) is 11.9 Å². The molecule has 1 unspecified atom stereocenters. The van der Waals surface area contributed by atoms with E-state index < -0.39 is 12.0 Å². The van der Waals surface area contributed by atoms with Crippen LogP contribution in [0.3, 0.4) is 0 Å². The first-order chi connectivity index (χ1) is 16.7. The van der Waals surface area contributed by atoms with Crippen LogP contribution in [0.4, 0.5) is 5.82 Å². The average molecular weight is 489 g/mol. The normalized spacial score (nSPS) is 16.5. The van der Waals surface area contributed by atoms with Crippen molar-refractivity contribution in [3.05, 3.63) is 23.4 Å². The first-order valence-corrected chi connectivity index (χ1v) is 13.3. The minimum atomic E-state index is -0.978. The number of aliphatic carboxylic acids is 1. The van der Waals surface area contributed by atoms with Crippen LogP contribution in [-0.2, 0) is 27.2 Å². The van der Waals surface area contributed by atoms with Crippen molar-refractivity contribution in [3.8, 4) is 0 Å². The Morgan fingerprint density at radius 1 is 1.23 bits per heavy atom. The molecular weight excluding hydrogens is 444 g/mol. The number of nitrogens with one attached hydrogen (secondary N) is 2. The van der Waals surface area contributed by atoms with E-state index in [1.165, 1.54) is 5.56 Å². The van der Waals surface area contributed by atoms with Gasteiger partial charge < -0.3 is 25.4 Å². The molecule has 8 nitrogen and oxygen atoms in total. The lowest BCUT2D eigenvalue weighted by molar-refractivity contribution is -0.142. The third-order valence-electron chi connectivity index (χ3n) is 6.45.